The van der Waals surface area contributed by atoms with Crippen LogP contribution in [-0.2, 0) is 13.5 Å². The van der Waals surface area contributed by atoms with E-state index in [2.05, 4.69) is 25.0 Å². The molecular weight excluding hydrogens is 174 g/mol. The predicted octanol–water partition coefficient (Wildman–Crippen LogP) is 1.73. The van der Waals surface area contributed by atoms with Gasteiger partial charge in [0, 0.05) is 25.0 Å². The van der Waals surface area contributed by atoms with Crippen molar-refractivity contribution in [2.45, 2.75) is 39.2 Å². The molecule has 1 aromatic heterocycles. The fourth-order valence-electron chi connectivity index (χ4n) is 1.79. The van der Waals surface area contributed by atoms with E-state index < -0.39 is 0 Å². The van der Waals surface area contributed by atoms with E-state index in [0.29, 0.717) is 12.0 Å². The van der Waals surface area contributed by atoms with Crippen LogP contribution < -0.4 is 5.73 Å². The van der Waals surface area contributed by atoms with Crippen molar-refractivity contribution in [2.75, 3.05) is 0 Å². The molecule has 0 radical (unpaired) electrons. The molecule has 2 unspecified atom stereocenters. The first-order valence-corrected chi connectivity index (χ1v) is 5.32. The number of aryl methyl sites for hydroxylation is 2. The number of nitrogens with zero attached hydrogens (tertiary/aromatic N) is 2. The van der Waals surface area contributed by atoms with Gasteiger partial charge in [0.2, 0.25) is 0 Å². The third kappa shape index (κ3) is 3.50. The molecular formula is C11H21N3. The summed E-state index contributed by atoms with van der Waals surface area (Å²) in [5.74, 6) is 0.699. The summed E-state index contributed by atoms with van der Waals surface area (Å²) in [7, 11) is 1.99. The van der Waals surface area contributed by atoms with Crippen LogP contribution in [-0.4, -0.2) is 15.8 Å². The van der Waals surface area contributed by atoms with E-state index in [0.717, 1.165) is 12.8 Å². The summed E-state index contributed by atoms with van der Waals surface area (Å²) in [5.41, 5.74) is 7.06. The topological polar surface area (TPSA) is 43.8 Å². The van der Waals surface area contributed by atoms with E-state index >= 15 is 0 Å². The zero-order valence-corrected chi connectivity index (χ0v) is 9.40. The van der Waals surface area contributed by atoms with Crippen molar-refractivity contribution in [3.05, 3.63) is 18.0 Å². The van der Waals surface area contributed by atoms with Gasteiger partial charge in [0.25, 0.3) is 0 Å². The Balaban J connectivity index is 2.30. The number of nitrogens with two attached hydrogens (primary N) is 1. The second-order valence-corrected chi connectivity index (χ2v) is 4.30. The molecule has 0 saturated heterocycles. The summed E-state index contributed by atoms with van der Waals surface area (Å²) in [4.78, 5) is 0. The van der Waals surface area contributed by atoms with E-state index in [9.17, 15) is 0 Å². The minimum atomic E-state index is 0.316. The maximum absolute atomic E-state index is 5.75. The van der Waals surface area contributed by atoms with Crippen molar-refractivity contribution >= 4 is 0 Å². The van der Waals surface area contributed by atoms with Crippen LogP contribution in [0.4, 0.5) is 0 Å². The lowest BCUT2D eigenvalue weighted by Gasteiger charge is -2.13. The molecule has 1 heterocycles. The summed E-state index contributed by atoms with van der Waals surface area (Å²) >= 11 is 0. The lowest BCUT2D eigenvalue weighted by Crippen LogP contribution is -2.18. The molecule has 0 spiro atoms. The van der Waals surface area contributed by atoms with Crippen molar-refractivity contribution < 1.29 is 0 Å². The summed E-state index contributed by atoms with van der Waals surface area (Å²) in [6, 6.07) is 2.40. The number of hydrogen-bond donors (Lipinski definition) is 1. The fraction of sp³-hybridized carbons (Fsp3) is 0.727. The van der Waals surface area contributed by atoms with Gasteiger partial charge >= 0.3 is 0 Å². The summed E-state index contributed by atoms with van der Waals surface area (Å²) in [6.07, 6.45) is 5.26. The normalized spacial score (nSPS) is 15.4. The maximum Gasteiger partial charge on any atom is 0.0492 e. The number of rotatable bonds is 5. The van der Waals surface area contributed by atoms with Gasteiger partial charge in [-0.3, -0.25) is 4.68 Å². The highest BCUT2D eigenvalue weighted by Gasteiger charge is 2.06. The van der Waals surface area contributed by atoms with Gasteiger partial charge in [-0.1, -0.05) is 6.92 Å². The van der Waals surface area contributed by atoms with Gasteiger partial charge in [-0.05, 0) is 38.2 Å². The third-order valence-electron chi connectivity index (χ3n) is 2.59. The molecule has 1 rings (SSSR count). The van der Waals surface area contributed by atoms with E-state index in [1.54, 1.807) is 0 Å². The molecule has 14 heavy (non-hydrogen) atoms. The van der Waals surface area contributed by atoms with E-state index in [-0.39, 0.29) is 0 Å². The summed E-state index contributed by atoms with van der Waals surface area (Å²) in [5, 5.41) is 4.15. The van der Waals surface area contributed by atoms with Gasteiger partial charge in [0.05, 0.1) is 0 Å². The molecule has 1 aromatic rings. The Kier molecular flexibility index (Phi) is 4.14. The fourth-order valence-corrected chi connectivity index (χ4v) is 1.79. The monoisotopic (exact) mass is 195 g/mol. The Morgan fingerprint density at radius 2 is 2.21 bits per heavy atom. The molecule has 2 N–H and O–H groups in total. The van der Waals surface area contributed by atoms with Crippen molar-refractivity contribution in [1.82, 2.24) is 9.78 Å². The van der Waals surface area contributed by atoms with Gasteiger partial charge in [0.15, 0.2) is 0 Å². The molecule has 0 bridgehead atoms. The third-order valence-corrected chi connectivity index (χ3v) is 2.59. The first-order chi connectivity index (χ1) is 6.59. The van der Waals surface area contributed by atoms with E-state index in [1.165, 1.54) is 12.1 Å². The van der Waals surface area contributed by atoms with Crippen LogP contribution in [0.2, 0.25) is 0 Å². The number of aromatic nitrogens is 2. The van der Waals surface area contributed by atoms with Gasteiger partial charge in [-0.2, -0.15) is 5.10 Å². The smallest absolute Gasteiger partial charge is 0.0492 e. The first kappa shape index (κ1) is 11.2. The molecule has 0 amide bonds. The Labute approximate surface area is 86.3 Å². The van der Waals surface area contributed by atoms with Gasteiger partial charge in [-0.15, -0.1) is 0 Å². The van der Waals surface area contributed by atoms with Gasteiger partial charge < -0.3 is 5.73 Å². The van der Waals surface area contributed by atoms with E-state index in [4.69, 9.17) is 5.73 Å². The summed E-state index contributed by atoms with van der Waals surface area (Å²) in [6.45, 7) is 4.33. The molecule has 0 saturated carbocycles. The van der Waals surface area contributed by atoms with Crippen molar-refractivity contribution in [3.8, 4) is 0 Å². The SMILES string of the molecule is CC(N)CC(C)CCc1ccnn1C. The predicted molar refractivity (Wildman–Crippen MR) is 59.0 cm³/mol. The minimum Gasteiger partial charge on any atom is -0.328 e. The van der Waals surface area contributed by atoms with Crippen molar-refractivity contribution in [1.29, 1.82) is 0 Å². The first-order valence-electron chi connectivity index (χ1n) is 5.32. The Bertz CT molecular complexity index is 265. The van der Waals surface area contributed by atoms with Crippen LogP contribution in [0.3, 0.4) is 0 Å². The Morgan fingerprint density at radius 3 is 2.71 bits per heavy atom. The molecule has 0 aliphatic carbocycles. The largest absolute Gasteiger partial charge is 0.328 e. The van der Waals surface area contributed by atoms with Crippen molar-refractivity contribution in [3.63, 3.8) is 0 Å². The lowest BCUT2D eigenvalue weighted by molar-refractivity contribution is 0.446. The van der Waals surface area contributed by atoms with Crippen LogP contribution in [0, 0.1) is 5.92 Å². The molecule has 0 aliphatic rings. The molecule has 3 nitrogen and oxygen atoms in total. The molecule has 0 aliphatic heterocycles. The Hall–Kier alpha value is -0.830. The van der Waals surface area contributed by atoms with E-state index in [1.807, 2.05) is 17.9 Å². The zero-order valence-electron chi connectivity index (χ0n) is 9.40. The molecule has 0 aromatic carbocycles. The maximum atomic E-state index is 5.75. The van der Waals surface area contributed by atoms with Gasteiger partial charge in [0.1, 0.15) is 0 Å². The number of hydrogen-bond acceptors (Lipinski definition) is 2. The van der Waals surface area contributed by atoms with Crippen LogP contribution in [0.1, 0.15) is 32.4 Å². The summed E-state index contributed by atoms with van der Waals surface area (Å²) < 4.78 is 1.94. The van der Waals surface area contributed by atoms with Gasteiger partial charge in [-0.25, -0.2) is 0 Å². The Morgan fingerprint density at radius 1 is 1.50 bits per heavy atom. The van der Waals surface area contributed by atoms with Crippen LogP contribution in [0.5, 0.6) is 0 Å². The molecule has 3 heteroatoms. The van der Waals surface area contributed by atoms with Crippen molar-refractivity contribution in [2.24, 2.45) is 18.7 Å². The second kappa shape index (κ2) is 5.15. The highest BCUT2D eigenvalue weighted by atomic mass is 15.2. The molecule has 2 atom stereocenters. The minimum absolute atomic E-state index is 0.316. The van der Waals surface area contributed by atoms with Crippen LogP contribution >= 0.6 is 0 Å². The highest BCUT2D eigenvalue weighted by Crippen LogP contribution is 2.13. The average molecular weight is 195 g/mol. The standard InChI is InChI=1S/C11H21N3/c1-9(8-10(2)12)4-5-11-6-7-13-14(11)3/h6-7,9-10H,4-5,8,12H2,1-3H3. The zero-order chi connectivity index (χ0) is 10.6. The van der Waals surface area contributed by atoms with Crippen LogP contribution in [0.25, 0.3) is 0 Å². The van der Waals surface area contributed by atoms with Crippen LogP contribution in [0.15, 0.2) is 12.3 Å². The quantitative estimate of drug-likeness (QED) is 0.777. The molecule has 80 valence electrons. The highest BCUT2D eigenvalue weighted by molar-refractivity contribution is 4.99. The lowest BCUT2D eigenvalue weighted by atomic mass is 9.97. The second-order valence-electron chi connectivity index (χ2n) is 4.30. The average Bonchev–Trinajstić information content (AvgIpc) is 2.46. The molecule has 0 fully saturated rings.